The highest BCUT2D eigenvalue weighted by Crippen LogP contribution is 2.37. The van der Waals surface area contributed by atoms with E-state index in [0.717, 1.165) is 35.5 Å². The third-order valence-electron chi connectivity index (χ3n) is 4.43. The summed E-state index contributed by atoms with van der Waals surface area (Å²) in [6.45, 7) is 1.63. The normalized spacial score (nSPS) is 14.0. The number of carbonyl (C=O) groups is 2. The highest BCUT2D eigenvalue weighted by molar-refractivity contribution is 7.17. The van der Waals surface area contributed by atoms with Crippen molar-refractivity contribution in [2.45, 2.75) is 13.0 Å². The average molecular weight is 386 g/mol. The SMILES string of the molecule is COC(=O)c1c(NC(=O)/C=C/c2ccccc2OC)sc2c1CCN(C)C2. The molecule has 0 spiro atoms. The fourth-order valence-electron chi connectivity index (χ4n) is 3.06. The molecule has 1 aromatic carbocycles. The summed E-state index contributed by atoms with van der Waals surface area (Å²) in [5.41, 5.74) is 2.26. The average Bonchev–Trinajstić information content (AvgIpc) is 3.02. The summed E-state index contributed by atoms with van der Waals surface area (Å²) in [5, 5.41) is 3.38. The molecule has 1 aromatic heterocycles. The van der Waals surface area contributed by atoms with Crippen LogP contribution in [0.4, 0.5) is 5.00 Å². The first-order valence-electron chi connectivity index (χ1n) is 8.57. The van der Waals surface area contributed by atoms with Gasteiger partial charge in [0.25, 0.3) is 0 Å². The number of fused-ring (bicyclic) bond motifs is 1. The number of benzene rings is 1. The second-order valence-electron chi connectivity index (χ2n) is 6.25. The van der Waals surface area contributed by atoms with Gasteiger partial charge in [-0.25, -0.2) is 4.79 Å². The number of carbonyl (C=O) groups excluding carboxylic acids is 2. The summed E-state index contributed by atoms with van der Waals surface area (Å²) in [6.07, 6.45) is 3.89. The molecule has 0 fully saturated rings. The van der Waals surface area contributed by atoms with Crippen LogP contribution in [0.25, 0.3) is 6.08 Å². The largest absolute Gasteiger partial charge is 0.496 e. The van der Waals surface area contributed by atoms with Crippen LogP contribution >= 0.6 is 11.3 Å². The Hall–Kier alpha value is -2.64. The number of rotatable bonds is 5. The van der Waals surface area contributed by atoms with Crippen LogP contribution in [0.15, 0.2) is 30.3 Å². The van der Waals surface area contributed by atoms with Crippen LogP contribution in [0.5, 0.6) is 5.75 Å². The Morgan fingerprint density at radius 2 is 2.04 bits per heavy atom. The second-order valence-corrected chi connectivity index (χ2v) is 7.36. The lowest BCUT2D eigenvalue weighted by atomic mass is 10.0. The Bertz CT molecular complexity index is 888. The van der Waals surface area contributed by atoms with Gasteiger partial charge in [0.15, 0.2) is 0 Å². The Balaban J connectivity index is 1.83. The van der Waals surface area contributed by atoms with Crippen molar-refractivity contribution in [2.24, 2.45) is 0 Å². The molecule has 0 aliphatic carbocycles. The lowest BCUT2D eigenvalue weighted by molar-refractivity contribution is -0.111. The lowest BCUT2D eigenvalue weighted by Gasteiger charge is -2.22. The monoisotopic (exact) mass is 386 g/mol. The maximum absolute atomic E-state index is 12.4. The first kappa shape index (κ1) is 19.1. The van der Waals surface area contributed by atoms with E-state index < -0.39 is 5.97 Å². The van der Waals surface area contributed by atoms with E-state index >= 15 is 0 Å². The first-order valence-corrected chi connectivity index (χ1v) is 9.38. The van der Waals surface area contributed by atoms with Crippen LogP contribution in [0, 0.1) is 0 Å². The molecule has 7 heteroatoms. The van der Waals surface area contributed by atoms with Crippen molar-refractivity contribution in [3.63, 3.8) is 0 Å². The number of nitrogens with one attached hydrogen (secondary N) is 1. The topological polar surface area (TPSA) is 67.9 Å². The number of ether oxygens (including phenoxy) is 2. The first-order chi connectivity index (χ1) is 13.0. The van der Waals surface area contributed by atoms with Crippen molar-refractivity contribution in [2.75, 3.05) is 33.1 Å². The van der Waals surface area contributed by atoms with Gasteiger partial charge in [0.1, 0.15) is 10.8 Å². The summed E-state index contributed by atoms with van der Waals surface area (Å²) < 4.78 is 10.2. The number of para-hydroxylation sites is 1. The molecule has 0 saturated carbocycles. The quantitative estimate of drug-likeness (QED) is 0.631. The molecule has 1 amide bonds. The van der Waals surface area contributed by atoms with E-state index in [4.69, 9.17) is 9.47 Å². The number of likely N-dealkylation sites (N-methyl/N-ethyl adjacent to an activating group) is 1. The molecule has 0 atom stereocenters. The zero-order valence-corrected chi connectivity index (χ0v) is 16.4. The van der Waals surface area contributed by atoms with E-state index in [0.29, 0.717) is 16.3 Å². The maximum Gasteiger partial charge on any atom is 0.341 e. The fourth-order valence-corrected chi connectivity index (χ4v) is 4.38. The molecular weight excluding hydrogens is 364 g/mol. The Labute approximate surface area is 162 Å². The molecule has 6 nitrogen and oxygen atoms in total. The molecule has 142 valence electrons. The summed E-state index contributed by atoms with van der Waals surface area (Å²) in [6, 6.07) is 7.43. The number of esters is 1. The summed E-state index contributed by atoms with van der Waals surface area (Å²) in [4.78, 5) is 28.0. The molecule has 1 N–H and O–H groups in total. The minimum absolute atomic E-state index is 0.307. The molecule has 0 saturated heterocycles. The third-order valence-corrected chi connectivity index (χ3v) is 5.56. The van der Waals surface area contributed by atoms with Gasteiger partial charge in [0.05, 0.1) is 19.8 Å². The van der Waals surface area contributed by atoms with Gasteiger partial charge in [0, 0.05) is 29.6 Å². The number of hydrogen-bond donors (Lipinski definition) is 1. The van der Waals surface area contributed by atoms with Crippen LogP contribution in [0.1, 0.15) is 26.4 Å². The highest BCUT2D eigenvalue weighted by Gasteiger charge is 2.28. The number of anilines is 1. The van der Waals surface area contributed by atoms with Crippen molar-refractivity contribution in [3.8, 4) is 5.75 Å². The van der Waals surface area contributed by atoms with Crippen molar-refractivity contribution in [1.82, 2.24) is 4.90 Å². The molecule has 3 rings (SSSR count). The molecule has 0 unspecified atom stereocenters. The Morgan fingerprint density at radius 3 is 2.78 bits per heavy atom. The van der Waals surface area contributed by atoms with Crippen LogP contribution in [-0.4, -0.2) is 44.6 Å². The molecule has 0 bridgehead atoms. The summed E-state index contributed by atoms with van der Waals surface area (Å²) >= 11 is 1.43. The van der Waals surface area contributed by atoms with Gasteiger partial charge >= 0.3 is 5.97 Å². The van der Waals surface area contributed by atoms with Crippen molar-refractivity contribution < 1.29 is 19.1 Å². The lowest BCUT2D eigenvalue weighted by Crippen LogP contribution is -2.26. The van der Waals surface area contributed by atoms with Gasteiger partial charge in [-0.3, -0.25) is 4.79 Å². The van der Waals surface area contributed by atoms with Crippen molar-refractivity contribution in [1.29, 1.82) is 0 Å². The summed E-state index contributed by atoms with van der Waals surface area (Å²) in [7, 11) is 4.98. The van der Waals surface area contributed by atoms with Crippen LogP contribution in [0.2, 0.25) is 0 Å². The molecule has 2 heterocycles. The number of thiophene rings is 1. The van der Waals surface area contributed by atoms with Gasteiger partial charge in [-0.1, -0.05) is 18.2 Å². The Morgan fingerprint density at radius 1 is 1.26 bits per heavy atom. The van der Waals surface area contributed by atoms with Crippen molar-refractivity contribution in [3.05, 3.63) is 51.9 Å². The van der Waals surface area contributed by atoms with Gasteiger partial charge in [0.2, 0.25) is 5.91 Å². The van der Waals surface area contributed by atoms with Crippen molar-refractivity contribution >= 4 is 34.3 Å². The summed E-state index contributed by atoms with van der Waals surface area (Å²) in [5.74, 6) is -0.0366. The fraction of sp³-hybridized carbons (Fsp3) is 0.300. The molecule has 27 heavy (non-hydrogen) atoms. The zero-order valence-electron chi connectivity index (χ0n) is 15.6. The van der Waals surface area contributed by atoms with Gasteiger partial charge in [-0.2, -0.15) is 0 Å². The minimum atomic E-state index is -0.416. The number of amides is 1. The molecular formula is C20H22N2O4S. The van der Waals surface area contributed by atoms with E-state index in [1.54, 1.807) is 13.2 Å². The van der Waals surface area contributed by atoms with Crippen LogP contribution in [-0.2, 0) is 22.5 Å². The van der Waals surface area contributed by atoms with Gasteiger partial charge < -0.3 is 19.7 Å². The molecule has 1 aliphatic rings. The van der Waals surface area contributed by atoms with Crippen LogP contribution < -0.4 is 10.1 Å². The highest BCUT2D eigenvalue weighted by atomic mass is 32.1. The zero-order chi connectivity index (χ0) is 19.4. The Kier molecular flexibility index (Phi) is 5.93. The smallest absolute Gasteiger partial charge is 0.341 e. The predicted molar refractivity (Wildman–Crippen MR) is 106 cm³/mol. The number of hydrogen-bond acceptors (Lipinski definition) is 6. The van der Waals surface area contributed by atoms with E-state index in [2.05, 4.69) is 10.2 Å². The van der Waals surface area contributed by atoms with E-state index in [1.165, 1.54) is 24.5 Å². The third kappa shape index (κ3) is 4.20. The van der Waals surface area contributed by atoms with Crippen LogP contribution in [0.3, 0.4) is 0 Å². The molecule has 1 aliphatic heterocycles. The standard InChI is InChI=1S/C20H22N2O4S/c1-22-11-10-14-16(12-22)27-19(18(14)20(24)26-3)21-17(23)9-8-13-6-4-5-7-15(13)25-2/h4-9H,10-12H2,1-3H3,(H,21,23)/b9-8+. The van der Waals surface area contributed by atoms with E-state index in [1.807, 2.05) is 31.3 Å². The minimum Gasteiger partial charge on any atom is -0.496 e. The maximum atomic E-state index is 12.4. The van der Waals surface area contributed by atoms with E-state index in [9.17, 15) is 9.59 Å². The number of nitrogens with zero attached hydrogens (tertiary/aromatic N) is 1. The molecule has 0 radical (unpaired) electrons. The van der Waals surface area contributed by atoms with Gasteiger partial charge in [-0.15, -0.1) is 11.3 Å². The number of methoxy groups -OCH3 is 2. The second kappa shape index (κ2) is 8.37. The molecule has 2 aromatic rings. The van der Waals surface area contributed by atoms with Gasteiger partial charge in [-0.05, 0) is 31.2 Å². The van der Waals surface area contributed by atoms with E-state index in [-0.39, 0.29) is 5.91 Å². The predicted octanol–water partition coefficient (Wildman–Crippen LogP) is 3.18.